The predicted molar refractivity (Wildman–Crippen MR) is 82.6 cm³/mol. The molecule has 0 aromatic heterocycles. The van der Waals surface area contributed by atoms with Gasteiger partial charge in [0.1, 0.15) is 0 Å². The van der Waals surface area contributed by atoms with Crippen LogP contribution in [0.25, 0.3) is 0 Å². The molecule has 2 rings (SSSR count). The van der Waals surface area contributed by atoms with Crippen LogP contribution in [0.15, 0.2) is 46.9 Å². The second-order valence-corrected chi connectivity index (χ2v) is 5.96. The summed E-state index contributed by atoms with van der Waals surface area (Å²) in [6, 6.07) is 10.9. The molecule has 2 aromatic carbocycles. The molecule has 1 N–H and O–H groups in total. The second kappa shape index (κ2) is 6.28. The molecule has 0 heterocycles. The Labute approximate surface area is 134 Å². The average molecular weight is 379 g/mol. The smallest absolute Gasteiger partial charge is 0.378 e. The van der Waals surface area contributed by atoms with Gasteiger partial charge in [0, 0.05) is 21.2 Å². The van der Waals surface area contributed by atoms with Gasteiger partial charge in [-0.15, -0.1) is 0 Å². The molecular formula is C15H12BrClF3N. The first-order valence-corrected chi connectivity index (χ1v) is 7.33. The van der Waals surface area contributed by atoms with Crippen LogP contribution >= 0.6 is 27.5 Å². The van der Waals surface area contributed by atoms with Crippen molar-refractivity contribution in [3.05, 3.63) is 63.1 Å². The van der Waals surface area contributed by atoms with Gasteiger partial charge < -0.3 is 5.32 Å². The van der Waals surface area contributed by atoms with Crippen molar-refractivity contribution in [1.29, 1.82) is 0 Å². The lowest BCUT2D eigenvalue weighted by atomic mass is 10.1. The zero-order valence-corrected chi connectivity index (χ0v) is 13.4. The van der Waals surface area contributed by atoms with Crippen molar-refractivity contribution in [2.45, 2.75) is 19.1 Å². The molecular weight excluding hydrogens is 367 g/mol. The van der Waals surface area contributed by atoms with Gasteiger partial charge in [-0.1, -0.05) is 39.7 Å². The lowest BCUT2D eigenvalue weighted by Gasteiger charge is -2.20. The summed E-state index contributed by atoms with van der Waals surface area (Å²) >= 11 is 9.01. The fourth-order valence-electron chi connectivity index (χ4n) is 1.97. The minimum atomic E-state index is -4.45. The van der Waals surface area contributed by atoms with Crippen molar-refractivity contribution in [3.63, 3.8) is 0 Å². The maximum absolute atomic E-state index is 13.0. The third-order valence-electron chi connectivity index (χ3n) is 3.01. The summed E-state index contributed by atoms with van der Waals surface area (Å²) in [4.78, 5) is 0. The van der Waals surface area contributed by atoms with E-state index in [4.69, 9.17) is 11.6 Å². The molecule has 0 fully saturated rings. The number of anilines is 1. The van der Waals surface area contributed by atoms with Crippen LogP contribution in [0, 0.1) is 0 Å². The Bertz CT molecular complexity index is 643. The lowest BCUT2D eigenvalue weighted by molar-refractivity contribution is -0.137. The highest BCUT2D eigenvalue weighted by Crippen LogP contribution is 2.37. The predicted octanol–water partition coefficient (Wildman–Crippen LogP) is 6.29. The highest BCUT2D eigenvalue weighted by atomic mass is 79.9. The molecule has 0 radical (unpaired) electrons. The first-order chi connectivity index (χ1) is 9.77. The van der Waals surface area contributed by atoms with E-state index in [1.54, 1.807) is 6.92 Å². The molecule has 112 valence electrons. The molecule has 0 aliphatic carbocycles. The van der Waals surface area contributed by atoms with E-state index in [1.807, 2.05) is 24.3 Å². The number of hydrogen-bond donors (Lipinski definition) is 1. The minimum Gasteiger partial charge on any atom is -0.378 e. The fourth-order valence-corrected chi connectivity index (χ4v) is 2.56. The Morgan fingerprint density at radius 2 is 1.86 bits per heavy atom. The first-order valence-electron chi connectivity index (χ1n) is 6.16. The molecule has 1 atom stereocenters. The average Bonchev–Trinajstić information content (AvgIpc) is 2.39. The van der Waals surface area contributed by atoms with Crippen LogP contribution in [-0.2, 0) is 6.18 Å². The normalized spacial score (nSPS) is 13.0. The summed E-state index contributed by atoms with van der Waals surface area (Å²) in [5, 5.41) is 2.95. The molecule has 0 spiro atoms. The molecule has 0 aliphatic rings. The lowest BCUT2D eigenvalue weighted by Crippen LogP contribution is -2.13. The van der Waals surface area contributed by atoms with Crippen LogP contribution in [0.2, 0.25) is 5.02 Å². The summed E-state index contributed by atoms with van der Waals surface area (Å²) in [6.07, 6.45) is -4.45. The molecule has 0 saturated heterocycles. The zero-order chi connectivity index (χ0) is 15.6. The highest BCUT2D eigenvalue weighted by Gasteiger charge is 2.34. The molecule has 1 nitrogen and oxygen atoms in total. The van der Waals surface area contributed by atoms with Crippen molar-refractivity contribution < 1.29 is 13.2 Å². The maximum Gasteiger partial charge on any atom is 0.418 e. The summed E-state index contributed by atoms with van der Waals surface area (Å²) in [5.74, 6) is 0. The van der Waals surface area contributed by atoms with Crippen molar-refractivity contribution >= 4 is 33.2 Å². The number of benzene rings is 2. The third kappa shape index (κ3) is 4.14. The van der Waals surface area contributed by atoms with Crippen LogP contribution in [0.4, 0.5) is 18.9 Å². The summed E-state index contributed by atoms with van der Waals surface area (Å²) in [6.45, 7) is 1.80. The Morgan fingerprint density at radius 3 is 2.48 bits per heavy atom. The summed E-state index contributed by atoms with van der Waals surface area (Å²) in [5.41, 5.74) is 0.128. The van der Waals surface area contributed by atoms with Gasteiger partial charge in [0.05, 0.1) is 5.56 Å². The Hall–Kier alpha value is -1.20. The van der Waals surface area contributed by atoms with Crippen molar-refractivity contribution in [3.8, 4) is 0 Å². The number of alkyl halides is 3. The van der Waals surface area contributed by atoms with Crippen LogP contribution in [0.3, 0.4) is 0 Å². The van der Waals surface area contributed by atoms with E-state index in [-0.39, 0.29) is 16.8 Å². The van der Waals surface area contributed by atoms with Gasteiger partial charge in [0.25, 0.3) is 0 Å². The fraction of sp³-hybridized carbons (Fsp3) is 0.200. The van der Waals surface area contributed by atoms with Gasteiger partial charge in [0.15, 0.2) is 0 Å². The summed E-state index contributed by atoms with van der Waals surface area (Å²) < 4.78 is 40.0. The SMILES string of the molecule is CC(Nc1ccc(Cl)cc1C(F)(F)F)c1cccc(Br)c1. The maximum atomic E-state index is 13.0. The topological polar surface area (TPSA) is 12.0 Å². The Kier molecular flexibility index (Phi) is 4.84. The zero-order valence-electron chi connectivity index (χ0n) is 11.0. The first kappa shape index (κ1) is 16.2. The number of hydrogen-bond acceptors (Lipinski definition) is 1. The van der Waals surface area contributed by atoms with Gasteiger partial charge in [-0.2, -0.15) is 13.2 Å². The molecule has 21 heavy (non-hydrogen) atoms. The van der Waals surface area contributed by atoms with E-state index < -0.39 is 11.7 Å². The third-order valence-corrected chi connectivity index (χ3v) is 3.74. The molecule has 0 amide bonds. The van der Waals surface area contributed by atoms with E-state index in [0.29, 0.717) is 0 Å². The van der Waals surface area contributed by atoms with Crippen molar-refractivity contribution in [1.82, 2.24) is 0 Å². The van der Waals surface area contributed by atoms with E-state index in [2.05, 4.69) is 21.2 Å². The van der Waals surface area contributed by atoms with Gasteiger partial charge in [-0.25, -0.2) is 0 Å². The quantitative estimate of drug-likeness (QED) is 0.661. The minimum absolute atomic E-state index is 0.0133. The van der Waals surface area contributed by atoms with Crippen LogP contribution < -0.4 is 5.32 Å². The molecule has 0 bridgehead atoms. The number of halogens is 5. The van der Waals surface area contributed by atoms with E-state index in [9.17, 15) is 13.2 Å². The van der Waals surface area contributed by atoms with Crippen LogP contribution in [0.1, 0.15) is 24.1 Å². The molecule has 1 unspecified atom stereocenters. The second-order valence-electron chi connectivity index (χ2n) is 4.61. The van der Waals surface area contributed by atoms with Crippen molar-refractivity contribution in [2.75, 3.05) is 5.32 Å². The Balaban J connectivity index is 2.31. The van der Waals surface area contributed by atoms with E-state index in [0.717, 1.165) is 16.1 Å². The number of nitrogens with one attached hydrogen (secondary N) is 1. The van der Waals surface area contributed by atoms with Gasteiger partial charge in [0.2, 0.25) is 0 Å². The molecule has 6 heteroatoms. The van der Waals surface area contributed by atoms with Crippen molar-refractivity contribution in [2.24, 2.45) is 0 Å². The van der Waals surface area contributed by atoms with Gasteiger partial charge in [-0.3, -0.25) is 0 Å². The monoisotopic (exact) mass is 377 g/mol. The van der Waals surface area contributed by atoms with E-state index >= 15 is 0 Å². The standard InChI is InChI=1S/C15H12BrClF3N/c1-9(10-3-2-4-11(16)7-10)21-14-6-5-12(17)8-13(14)15(18,19)20/h2-9,21H,1H3. The number of rotatable bonds is 3. The van der Waals surface area contributed by atoms with Crippen LogP contribution in [0.5, 0.6) is 0 Å². The highest BCUT2D eigenvalue weighted by molar-refractivity contribution is 9.10. The van der Waals surface area contributed by atoms with Gasteiger partial charge in [-0.05, 0) is 42.8 Å². The largest absolute Gasteiger partial charge is 0.418 e. The molecule has 0 saturated carbocycles. The summed E-state index contributed by atoms with van der Waals surface area (Å²) in [7, 11) is 0. The molecule has 0 aliphatic heterocycles. The van der Waals surface area contributed by atoms with E-state index in [1.165, 1.54) is 12.1 Å². The Morgan fingerprint density at radius 1 is 1.14 bits per heavy atom. The van der Waals surface area contributed by atoms with Crippen LogP contribution in [-0.4, -0.2) is 0 Å². The molecule has 2 aromatic rings. The van der Waals surface area contributed by atoms with Gasteiger partial charge >= 0.3 is 6.18 Å².